The van der Waals surface area contributed by atoms with Crippen LogP contribution in [0.2, 0.25) is 0 Å². The molecule has 3 nitrogen and oxygen atoms in total. The van der Waals surface area contributed by atoms with Crippen LogP contribution in [0, 0.1) is 5.92 Å². The zero-order valence-electron chi connectivity index (χ0n) is 7.80. The Labute approximate surface area is 73.8 Å². The highest BCUT2D eigenvalue weighted by molar-refractivity contribution is 5.77. The molecule has 0 rings (SSSR count). The lowest BCUT2D eigenvalue weighted by Crippen LogP contribution is -2.28. The van der Waals surface area contributed by atoms with Gasteiger partial charge in [-0.3, -0.25) is 4.79 Å². The fourth-order valence-electron chi connectivity index (χ4n) is 0.655. The predicted octanol–water partition coefficient (Wildman–Crippen LogP) is 1.31. The summed E-state index contributed by atoms with van der Waals surface area (Å²) in [5.74, 6) is 0.152. The third kappa shape index (κ3) is 5.77. The molecule has 0 unspecified atom stereocenters. The summed E-state index contributed by atoms with van der Waals surface area (Å²) in [6.07, 6.45) is 2.23. The van der Waals surface area contributed by atoms with Gasteiger partial charge in [-0.2, -0.15) is 0 Å². The van der Waals surface area contributed by atoms with Gasteiger partial charge in [-0.05, 0) is 6.42 Å². The van der Waals surface area contributed by atoms with Crippen molar-refractivity contribution in [3.8, 4) is 0 Å². The minimum absolute atomic E-state index is 0.0605. The molecular weight excluding hydrogens is 154 g/mol. The number of ether oxygens (including phenoxy) is 1. The number of carbonyl (C=O) groups excluding carboxylic acids is 1. The predicted molar refractivity (Wildman–Crippen MR) is 48.6 cm³/mol. The molecule has 1 N–H and O–H groups in total. The lowest BCUT2D eigenvalue weighted by Gasteiger charge is -2.06. The highest BCUT2D eigenvalue weighted by Gasteiger charge is 2.04. The van der Waals surface area contributed by atoms with Crippen molar-refractivity contribution >= 4 is 5.91 Å². The molecule has 0 bridgehead atoms. The second-order valence-electron chi connectivity index (χ2n) is 2.84. The highest BCUT2D eigenvalue weighted by atomic mass is 16.5. The van der Waals surface area contributed by atoms with Crippen LogP contribution in [0.4, 0.5) is 0 Å². The van der Waals surface area contributed by atoms with Crippen molar-refractivity contribution in [2.45, 2.75) is 20.3 Å². The van der Waals surface area contributed by atoms with Crippen LogP contribution in [0.1, 0.15) is 20.3 Å². The Bertz CT molecular complexity index is 143. The van der Waals surface area contributed by atoms with Gasteiger partial charge in [0, 0.05) is 12.5 Å². The maximum Gasteiger partial charge on any atom is 0.222 e. The van der Waals surface area contributed by atoms with E-state index >= 15 is 0 Å². The average molecular weight is 171 g/mol. The summed E-state index contributed by atoms with van der Waals surface area (Å²) in [5, 5.41) is 2.79. The van der Waals surface area contributed by atoms with Gasteiger partial charge in [-0.25, -0.2) is 0 Å². The molecule has 0 saturated carbocycles. The van der Waals surface area contributed by atoms with Crippen LogP contribution in [-0.2, 0) is 9.53 Å². The monoisotopic (exact) mass is 171 g/mol. The van der Waals surface area contributed by atoms with Gasteiger partial charge in [0.15, 0.2) is 0 Å². The van der Waals surface area contributed by atoms with Crippen molar-refractivity contribution in [2.24, 2.45) is 5.92 Å². The Hall–Kier alpha value is -0.990. The molecule has 0 fully saturated rings. The van der Waals surface area contributed by atoms with Crippen molar-refractivity contribution in [1.29, 1.82) is 0 Å². The van der Waals surface area contributed by atoms with Crippen molar-refractivity contribution in [3.05, 3.63) is 12.8 Å². The maximum absolute atomic E-state index is 11.0. The van der Waals surface area contributed by atoms with E-state index in [2.05, 4.69) is 11.9 Å². The largest absolute Gasteiger partial charge is 0.502 e. The van der Waals surface area contributed by atoms with E-state index in [9.17, 15) is 4.79 Å². The number of nitrogens with one attached hydrogen (secondary N) is 1. The molecule has 3 heteroatoms. The molecule has 0 aliphatic heterocycles. The van der Waals surface area contributed by atoms with Crippen LogP contribution in [0.5, 0.6) is 0 Å². The summed E-state index contributed by atoms with van der Waals surface area (Å²) in [5.41, 5.74) is 0. The number of amides is 1. The van der Waals surface area contributed by atoms with Crippen LogP contribution >= 0.6 is 0 Å². The van der Waals surface area contributed by atoms with Crippen LogP contribution in [-0.4, -0.2) is 19.1 Å². The standard InChI is InChI=1S/C9H17NO2/c1-4-12-7-5-6-10-9(11)8(2)3/h4,8H,1,5-7H2,2-3H3,(H,10,11). The molecule has 70 valence electrons. The van der Waals surface area contributed by atoms with Gasteiger partial charge in [0.1, 0.15) is 0 Å². The van der Waals surface area contributed by atoms with Crippen molar-refractivity contribution in [2.75, 3.05) is 13.2 Å². The van der Waals surface area contributed by atoms with E-state index in [1.54, 1.807) is 0 Å². The third-order valence-electron chi connectivity index (χ3n) is 1.38. The van der Waals surface area contributed by atoms with E-state index in [1.807, 2.05) is 13.8 Å². The van der Waals surface area contributed by atoms with Gasteiger partial charge < -0.3 is 10.1 Å². The van der Waals surface area contributed by atoms with Crippen molar-refractivity contribution in [1.82, 2.24) is 5.32 Å². The lowest BCUT2D eigenvalue weighted by atomic mass is 10.2. The molecule has 0 atom stereocenters. The number of hydrogen-bond acceptors (Lipinski definition) is 2. The van der Waals surface area contributed by atoms with Gasteiger partial charge in [0.25, 0.3) is 0 Å². The topological polar surface area (TPSA) is 38.3 Å². The molecule has 0 heterocycles. The summed E-state index contributed by atoms with van der Waals surface area (Å²) >= 11 is 0. The summed E-state index contributed by atoms with van der Waals surface area (Å²) in [4.78, 5) is 11.0. The third-order valence-corrected chi connectivity index (χ3v) is 1.38. The first-order valence-electron chi connectivity index (χ1n) is 4.18. The molecule has 1 amide bonds. The molecule has 0 spiro atoms. The van der Waals surface area contributed by atoms with Crippen LogP contribution < -0.4 is 5.32 Å². The van der Waals surface area contributed by atoms with Gasteiger partial charge in [0.2, 0.25) is 5.91 Å². The Balaban J connectivity index is 3.19. The number of rotatable bonds is 6. The molecule has 0 aromatic carbocycles. The van der Waals surface area contributed by atoms with E-state index in [0.29, 0.717) is 13.2 Å². The summed E-state index contributed by atoms with van der Waals surface area (Å²) in [6.45, 7) is 8.44. The second kappa shape index (κ2) is 6.70. The summed E-state index contributed by atoms with van der Waals surface area (Å²) < 4.78 is 4.89. The van der Waals surface area contributed by atoms with Crippen LogP contribution in [0.3, 0.4) is 0 Å². The molecular formula is C9H17NO2. The molecule has 0 aromatic heterocycles. The molecule has 0 aliphatic rings. The minimum Gasteiger partial charge on any atom is -0.502 e. The van der Waals surface area contributed by atoms with Gasteiger partial charge in [-0.15, -0.1) is 0 Å². The smallest absolute Gasteiger partial charge is 0.222 e. The molecule has 0 radical (unpaired) electrons. The van der Waals surface area contributed by atoms with Crippen LogP contribution in [0.15, 0.2) is 12.8 Å². The van der Waals surface area contributed by atoms with E-state index in [1.165, 1.54) is 6.26 Å². The van der Waals surface area contributed by atoms with Crippen molar-refractivity contribution in [3.63, 3.8) is 0 Å². The van der Waals surface area contributed by atoms with Gasteiger partial charge in [-0.1, -0.05) is 20.4 Å². The van der Waals surface area contributed by atoms with E-state index in [-0.39, 0.29) is 11.8 Å². The number of carbonyl (C=O) groups is 1. The van der Waals surface area contributed by atoms with Crippen LogP contribution in [0.25, 0.3) is 0 Å². The van der Waals surface area contributed by atoms with E-state index < -0.39 is 0 Å². The Morgan fingerprint density at radius 2 is 2.33 bits per heavy atom. The summed E-state index contributed by atoms with van der Waals surface area (Å²) in [7, 11) is 0. The van der Waals surface area contributed by atoms with Crippen molar-refractivity contribution < 1.29 is 9.53 Å². The quantitative estimate of drug-likeness (QED) is 0.483. The first-order chi connectivity index (χ1) is 5.68. The maximum atomic E-state index is 11.0. The molecule has 0 saturated heterocycles. The fourth-order valence-corrected chi connectivity index (χ4v) is 0.655. The highest BCUT2D eigenvalue weighted by Crippen LogP contribution is 1.90. The second-order valence-corrected chi connectivity index (χ2v) is 2.84. The first kappa shape index (κ1) is 11.0. The zero-order chi connectivity index (χ0) is 9.40. The zero-order valence-corrected chi connectivity index (χ0v) is 7.80. The van der Waals surface area contributed by atoms with Gasteiger partial charge >= 0.3 is 0 Å². The Morgan fingerprint density at radius 3 is 2.83 bits per heavy atom. The van der Waals surface area contributed by atoms with Gasteiger partial charge in [0.05, 0.1) is 12.9 Å². The average Bonchev–Trinajstić information content (AvgIpc) is 2.03. The van der Waals surface area contributed by atoms with E-state index in [4.69, 9.17) is 4.74 Å². The molecule has 0 aromatic rings. The summed E-state index contributed by atoms with van der Waals surface area (Å²) in [6, 6.07) is 0. The Kier molecular flexibility index (Phi) is 6.15. The minimum atomic E-state index is 0.0605. The lowest BCUT2D eigenvalue weighted by molar-refractivity contribution is -0.123. The molecule has 0 aliphatic carbocycles. The molecule has 12 heavy (non-hydrogen) atoms. The normalized spacial score (nSPS) is 9.58. The van der Waals surface area contributed by atoms with E-state index in [0.717, 1.165) is 6.42 Å². The Morgan fingerprint density at radius 1 is 1.67 bits per heavy atom. The first-order valence-corrected chi connectivity index (χ1v) is 4.18. The fraction of sp³-hybridized carbons (Fsp3) is 0.667. The SMILES string of the molecule is C=COCCCNC(=O)C(C)C. The number of hydrogen-bond donors (Lipinski definition) is 1.